The highest BCUT2D eigenvalue weighted by Crippen LogP contribution is 2.44. The van der Waals surface area contributed by atoms with Gasteiger partial charge >= 0.3 is 0 Å². The molecule has 3 rings (SSSR count). The number of likely N-dealkylation sites (tertiary alicyclic amines) is 1. The Hall–Kier alpha value is -0.800. The molecular weight excluding hydrogens is 479 g/mol. The van der Waals surface area contributed by atoms with E-state index in [1.807, 2.05) is 6.07 Å². The van der Waals surface area contributed by atoms with E-state index in [9.17, 15) is 0 Å². The van der Waals surface area contributed by atoms with Gasteiger partial charge in [-0.15, -0.1) is 24.0 Å². The first-order valence-corrected chi connectivity index (χ1v) is 11.0. The molecule has 0 bridgehead atoms. The lowest BCUT2D eigenvalue weighted by Gasteiger charge is -2.41. The highest BCUT2D eigenvalue weighted by atomic mass is 127. The van der Waals surface area contributed by atoms with Gasteiger partial charge < -0.3 is 19.8 Å². The number of ether oxygens (including phenoxy) is 1. The number of rotatable bonds is 10. The highest BCUT2D eigenvalue weighted by Gasteiger charge is 2.36. The fourth-order valence-corrected chi connectivity index (χ4v) is 4.38. The third kappa shape index (κ3) is 7.14. The second-order valence-electron chi connectivity index (χ2n) is 8.30. The normalized spacial score (nSPS) is 20.4. The van der Waals surface area contributed by atoms with Crippen molar-refractivity contribution in [1.29, 1.82) is 0 Å². The fourth-order valence-electron chi connectivity index (χ4n) is 4.38. The van der Waals surface area contributed by atoms with E-state index in [1.54, 1.807) is 13.4 Å². The molecular formula is C22H39IN4O2. The number of nitrogens with one attached hydrogen (secondary N) is 2. The summed E-state index contributed by atoms with van der Waals surface area (Å²) in [4.78, 5) is 7.50. The molecule has 1 saturated heterocycles. The first kappa shape index (κ1) is 24.5. The largest absolute Gasteiger partial charge is 0.468 e. The van der Waals surface area contributed by atoms with Crippen molar-refractivity contribution in [3.63, 3.8) is 0 Å². The maximum absolute atomic E-state index is 5.77. The summed E-state index contributed by atoms with van der Waals surface area (Å²) in [6.07, 6.45) is 10.6. The number of aliphatic imine (C=N–C) groups is 1. The average Bonchev–Trinajstić information content (AvgIpc) is 3.22. The Morgan fingerprint density at radius 1 is 1.24 bits per heavy atom. The molecule has 29 heavy (non-hydrogen) atoms. The Kier molecular flexibility index (Phi) is 10.8. The molecule has 2 fully saturated rings. The summed E-state index contributed by atoms with van der Waals surface area (Å²) in [5.41, 5.74) is 0.339. The average molecular weight is 518 g/mol. The number of hydrogen-bond donors (Lipinski definition) is 2. The van der Waals surface area contributed by atoms with Crippen molar-refractivity contribution in [2.24, 2.45) is 10.4 Å². The van der Waals surface area contributed by atoms with Crippen molar-refractivity contribution < 1.29 is 9.15 Å². The molecule has 0 radical (unpaired) electrons. The molecule has 7 heteroatoms. The topological polar surface area (TPSA) is 62.0 Å². The third-order valence-electron chi connectivity index (χ3n) is 6.33. The minimum absolute atomic E-state index is 0. The Balaban J connectivity index is 0.00000300. The number of nitrogens with zero attached hydrogens (tertiary/aromatic N) is 2. The highest BCUT2D eigenvalue weighted by molar-refractivity contribution is 14.0. The zero-order valence-corrected chi connectivity index (χ0v) is 20.5. The van der Waals surface area contributed by atoms with E-state index in [0.29, 0.717) is 5.41 Å². The van der Waals surface area contributed by atoms with Gasteiger partial charge in [0, 0.05) is 33.4 Å². The second kappa shape index (κ2) is 12.8. The molecule has 1 unspecified atom stereocenters. The fraction of sp³-hybridized carbons (Fsp3) is 0.773. The van der Waals surface area contributed by atoms with Gasteiger partial charge in [-0.1, -0.05) is 12.8 Å². The van der Waals surface area contributed by atoms with Crippen LogP contribution in [0.25, 0.3) is 0 Å². The minimum Gasteiger partial charge on any atom is -0.468 e. The maximum atomic E-state index is 5.77. The van der Waals surface area contributed by atoms with E-state index < -0.39 is 0 Å². The summed E-state index contributed by atoms with van der Waals surface area (Å²) < 4.78 is 11.1. The zero-order chi connectivity index (χ0) is 19.7. The molecule has 166 valence electrons. The van der Waals surface area contributed by atoms with Gasteiger partial charge in [-0.05, 0) is 69.7 Å². The number of piperidine rings is 1. The van der Waals surface area contributed by atoms with Gasteiger partial charge in [0.25, 0.3) is 0 Å². The van der Waals surface area contributed by atoms with Gasteiger partial charge in [-0.25, -0.2) is 0 Å². The van der Waals surface area contributed by atoms with Crippen LogP contribution in [0.5, 0.6) is 0 Å². The summed E-state index contributed by atoms with van der Waals surface area (Å²) in [7, 11) is 1.79. The van der Waals surface area contributed by atoms with Crippen LogP contribution in [-0.2, 0) is 4.74 Å². The molecule has 0 aromatic carbocycles. The van der Waals surface area contributed by atoms with Crippen molar-refractivity contribution in [3.05, 3.63) is 24.2 Å². The van der Waals surface area contributed by atoms with E-state index in [0.717, 1.165) is 57.5 Å². The van der Waals surface area contributed by atoms with Crippen molar-refractivity contribution >= 4 is 29.9 Å². The van der Waals surface area contributed by atoms with Crippen LogP contribution in [0.2, 0.25) is 0 Å². The molecule has 1 aromatic rings. The van der Waals surface area contributed by atoms with Crippen molar-refractivity contribution in [2.45, 2.75) is 57.9 Å². The van der Waals surface area contributed by atoms with E-state index in [-0.39, 0.29) is 30.0 Å². The van der Waals surface area contributed by atoms with Crippen LogP contribution in [0.3, 0.4) is 0 Å². The van der Waals surface area contributed by atoms with Crippen molar-refractivity contribution in [2.75, 3.05) is 46.4 Å². The Morgan fingerprint density at radius 2 is 2.03 bits per heavy atom. The number of furan rings is 1. The minimum atomic E-state index is 0. The Bertz CT molecular complexity index is 584. The third-order valence-corrected chi connectivity index (χ3v) is 6.33. The predicted octanol–water partition coefficient (Wildman–Crippen LogP) is 4.19. The van der Waals surface area contributed by atoms with E-state index >= 15 is 0 Å². The first-order valence-electron chi connectivity index (χ1n) is 11.0. The molecule has 2 heterocycles. The van der Waals surface area contributed by atoms with Crippen molar-refractivity contribution in [1.82, 2.24) is 15.5 Å². The van der Waals surface area contributed by atoms with Crippen LogP contribution in [-0.4, -0.2) is 57.3 Å². The predicted molar refractivity (Wildman–Crippen MR) is 129 cm³/mol. The zero-order valence-electron chi connectivity index (χ0n) is 18.1. The van der Waals surface area contributed by atoms with E-state index in [4.69, 9.17) is 14.1 Å². The summed E-state index contributed by atoms with van der Waals surface area (Å²) in [6, 6.07) is 4.34. The van der Waals surface area contributed by atoms with Gasteiger partial charge in [0.05, 0.1) is 12.3 Å². The summed E-state index contributed by atoms with van der Waals surface area (Å²) in [5.74, 6) is 1.96. The van der Waals surface area contributed by atoms with Gasteiger partial charge in [0.1, 0.15) is 5.76 Å². The van der Waals surface area contributed by atoms with Crippen LogP contribution in [0.4, 0.5) is 0 Å². The lowest BCUT2D eigenvalue weighted by Crippen LogP contribution is -2.45. The standard InChI is InChI=1S/C22H38N4O2.HI/c1-3-23-21(25-18-22(10-8-11-22)12-16-27-2)24-17-19(20-9-7-15-28-20)26-13-5-4-6-14-26;/h7,9,15,19H,3-6,8,10-14,16-18H2,1-2H3,(H2,23,24,25);1H. The summed E-state index contributed by atoms with van der Waals surface area (Å²) >= 11 is 0. The molecule has 1 atom stereocenters. The Morgan fingerprint density at radius 3 is 2.62 bits per heavy atom. The number of guanidine groups is 1. The molecule has 0 amide bonds. The van der Waals surface area contributed by atoms with Crippen molar-refractivity contribution in [3.8, 4) is 0 Å². The smallest absolute Gasteiger partial charge is 0.191 e. The van der Waals surface area contributed by atoms with Crippen LogP contribution in [0.15, 0.2) is 27.8 Å². The molecule has 2 N–H and O–H groups in total. The molecule has 2 aliphatic rings. The molecule has 1 aliphatic carbocycles. The van der Waals surface area contributed by atoms with Gasteiger partial charge in [-0.3, -0.25) is 9.89 Å². The molecule has 0 spiro atoms. The number of halogens is 1. The maximum Gasteiger partial charge on any atom is 0.191 e. The van der Waals surface area contributed by atoms with E-state index in [2.05, 4.69) is 28.5 Å². The second-order valence-corrected chi connectivity index (χ2v) is 8.30. The van der Waals surface area contributed by atoms with Crippen LogP contribution in [0.1, 0.15) is 63.7 Å². The van der Waals surface area contributed by atoms with Crippen LogP contribution in [0, 0.1) is 5.41 Å². The summed E-state index contributed by atoms with van der Waals surface area (Å²) in [5, 5.41) is 7.01. The quantitative estimate of drug-likeness (QED) is 0.277. The van der Waals surface area contributed by atoms with Gasteiger partial charge in [-0.2, -0.15) is 0 Å². The van der Waals surface area contributed by atoms with Gasteiger partial charge in [0.15, 0.2) is 5.96 Å². The van der Waals surface area contributed by atoms with E-state index in [1.165, 1.54) is 38.5 Å². The lowest BCUT2D eigenvalue weighted by molar-refractivity contribution is 0.0778. The van der Waals surface area contributed by atoms with Gasteiger partial charge in [0.2, 0.25) is 0 Å². The van der Waals surface area contributed by atoms with Crippen LogP contribution < -0.4 is 10.6 Å². The Labute approximate surface area is 193 Å². The number of hydrogen-bond acceptors (Lipinski definition) is 4. The summed E-state index contributed by atoms with van der Waals surface area (Å²) in [6.45, 7) is 7.78. The first-order chi connectivity index (χ1) is 13.8. The monoisotopic (exact) mass is 518 g/mol. The molecule has 1 aliphatic heterocycles. The molecule has 1 saturated carbocycles. The number of methoxy groups -OCH3 is 1. The lowest BCUT2D eigenvalue weighted by atomic mass is 9.67. The van der Waals surface area contributed by atoms with Crippen LogP contribution >= 0.6 is 24.0 Å². The SMILES string of the molecule is CCNC(=NCC1(CCOC)CCC1)NCC(c1ccco1)N1CCCCC1.I. The molecule has 6 nitrogen and oxygen atoms in total. The molecule has 1 aromatic heterocycles.